The summed E-state index contributed by atoms with van der Waals surface area (Å²) in [5, 5.41) is 4.05. The van der Waals surface area contributed by atoms with Gasteiger partial charge >= 0.3 is 0 Å². The number of hydrogen-bond acceptors (Lipinski definition) is 4. The Bertz CT molecular complexity index is 605. The van der Waals surface area contributed by atoms with E-state index in [2.05, 4.69) is 46.8 Å². The fourth-order valence-corrected chi connectivity index (χ4v) is 2.15. The Morgan fingerprint density at radius 3 is 2.25 bits per heavy atom. The molecule has 20 heavy (non-hydrogen) atoms. The third-order valence-electron chi connectivity index (χ3n) is 3.34. The zero-order chi connectivity index (χ0) is 15.1. The van der Waals surface area contributed by atoms with Crippen LogP contribution in [-0.4, -0.2) is 10.1 Å². The van der Waals surface area contributed by atoms with Crippen LogP contribution in [-0.2, 0) is 0 Å². The first-order valence-corrected chi connectivity index (χ1v) is 7.35. The highest BCUT2D eigenvalue weighted by atomic mass is 79.9. The second-order valence-electron chi connectivity index (χ2n) is 6.22. The molecule has 1 aromatic carbocycles. The average Bonchev–Trinajstić information content (AvgIpc) is 2.82. The molecule has 5 heteroatoms. The number of nitrogens with two attached hydrogens (primary N) is 1. The summed E-state index contributed by atoms with van der Waals surface area (Å²) in [7, 11) is 0. The lowest BCUT2D eigenvalue weighted by molar-refractivity contribution is 0.253. The number of nitrogens with zero attached hydrogens (tertiary/aromatic N) is 2. The van der Waals surface area contributed by atoms with Gasteiger partial charge in [0.15, 0.2) is 0 Å². The van der Waals surface area contributed by atoms with Crippen LogP contribution in [0.4, 0.5) is 0 Å². The van der Waals surface area contributed by atoms with Crippen LogP contribution >= 0.6 is 15.9 Å². The molecule has 2 aromatic rings. The van der Waals surface area contributed by atoms with Crippen LogP contribution < -0.4 is 5.73 Å². The maximum Gasteiger partial charge on any atom is 0.244 e. The fraction of sp³-hybridized carbons (Fsp3) is 0.467. The third-order valence-corrected chi connectivity index (χ3v) is 4.59. The van der Waals surface area contributed by atoms with Crippen molar-refractivity contribution in [2.24, 2.45) is 11.1 Å². The van der Waals surface area contributed by atoms with Gasteiger partial charge in [-0.15, -0.1) is 0 Å². The maximum absolute atomic E-state index is 6.14. The van der Waals surface area contributed by atoms with E-state index in [9.17, 15) is 0 Å². The molecular weight excluding hydrogens is 318 g/mol. The normalized spacial score (nSPS) is 13.6. The van der Waals surface area contributed by atoms with Crippen LogP contribution in [0.2, 0.25) is 0 Å². The van der Waals surface area contributed by atoms with Crippen molar-refractivity contribution in [3.05, 3.63) is 33.6 Å². The van der Waals surface area contributed by atoms with E-state index in [1.807, 2.05) is 26.0 Å². The number of hydrogen-bond donors (Lipinski definition) is 1. The summed E-state index contributed by atoms with van der Waals surface area (Å²) in [5.41, 5.74) is 9.26. The predicted molar refractivity (Wildman–Crippen MR) is 83.3 cm³/mol. The van der Waals surface area contributed by atoms with E-state index in [0.29, 0.717) is 11.7 Å². The highest BCUT2D eigenvalue weighted by Gasteiger charge is 2.27. The van der Waals surface area contributed by atoms with Crippen LogP contribution in [0.25, 0.3) is 11.4 Å². The summed E-state index contributed by atoms with van der Waals surface area (Å²) >= 11 is 3.56. The molecule has 0 saturated heterocycles. The molecule has 2 N–H and O–H groups in total. The topological polar surface area (TPSA) is 64.9 Å². The standard InChI is InChI=1S/C15H20BrN3O/c1-8-6-10(7-9(2)11(8)16)13-18-14(20-19-13)12(17)15(3,4)5/h6-7,12H,17H2,1-5H3/t12-/m0/s1. The smallest absolute Gasteiger partial charge is 0.244 e. The van der Waals surface area contributed by atoms with Gasteiger partial charge in [0.1, 0.15) is 0 Å². The van der Waals surface area contributed by atoms with Crippen LogP contribution in [0.1, 0.15) is 43.8 Å². The first-order valence-electron chi connectivity index (χ1n) is 6.56. The number of rotatable bonds is 2. The minimum absolute atomic E-state index is 0.116. The Morgan fingerprint density at radius 1 is 1.20 bits per heavy atom. The van der Waals surface area contributed by atoms with Gasteiger partial charge in [0.2, 0.25) is 11.7 Å². The molecule has 0 spiro atoms. The lowest BCUT2D eigenvalue weighted by Crippen LogP contribution is -2.26. The Kier molecular flexibility index (Phi) is 4.02. The van der Waals surface area contributed by atoms with Crippen molar-refractivity contribution >= 4 is 15.9 Å². The van der Waals surface area contributed by atoms with Gasteiger partial charge in [-0.25, -0.2) is 0 Å². The van der Waals surface area contributed by atoms with Crippen LogP contribution in [0.5, 0.6) is 0 Å². The molecule has 1 atom stereocenters. The van der Waals surface area contributed by atoms with E-state index < -0.39 is 0 Å². The maximum atomic E-state index is 6.14. The van der Waals surface area contributed by atoms with E-state index >= 15 is 0 Å². The van der Waals surface area contributed by atoms with Gasteiger partial charge < -0.3 is 10.3 Å². The summed E-state index contributed by atoms with van der Waals surface area (Å²) in [5.74, 6) is 1.06. The largest absolute Gasteiger partial charge is 0.337 e. The van der Waals surface area contributed by atoms with Crippen LogP contribution in [0, 0.1) is 19.3 Å². The first-order chi connectivity index (χ1) is 9.20. The molecule has 0 saturated carbocycles. The molecule has 0 radical (unpaired) electrons. The number of halogens is 1. The monoisotopic (exact) mass is 337 g/mol. The molecule has 108 valence electrons. The Balaban J connectivity index is 2.39. The Hall–Kier alpha value is -1.20. The van der Waals surface area contributed by atoms with Gasteiger partial charge in [0, 0.05) is 10.0 Å². The predicted octanol–water partition coefficient (Wildman–Crippen LogP) is 4.16. The molecule has 0 fully saturated rings. The van der Waals surface area contributed by atoms with Crippen molar-refractivity contribution in [2.45, 2.75) is 40.7 Å². The average molecular weight is 338 g/mol. The lowest BCUT2D eigenvalue weighted by atomic mass is 9.87. The van der Waals surface area contributed by atoms with Crippen molar-refractivity contribution in [3.8, 4) is 11.4 Å². The highest BCUT2D eigenvalue weighted by Crippen LogP contribution is 2.31. The van der Waals surface area contributed by atoms with E-state index in [1.54, 1.807) is 0 Å². The second kappa shape index (κ2) is 5.30. The fourth-order valence-electron chi connectivity index (χ4n) is 1.92. The summed E-state index contributed by atoms with van der Waals surface area (Å²) in [6, 6.07) is 3.80. The van der Waals surface area contributed by atoms with Gasteiger partial charge in [-0.05, 0) is 42.5 Å². The molecule has 1 heterocycles. The summed E-state index contributed by atoms with van der Waals surface area (Å²) in [6.07, 6.45) is 0. The summed E-state index contributed by atoms with van der Waals surface area (Å²) in [6.45, 7) is 10.2. The van der Waals surface area contributed by atoms with Gasteiger partial charge in [-0.2, -0.15) is 4.98 Å². The van der Waals surface area contributed by atoms with E-state index in [1.165, 1.54) is 0 Å². The summed E-state index contributed by atoms with van der Waals surface area (Å²) in [4.78, 5) is 4.44. The molecule has 4 nitrogen and oxygen atoms in total. The number of benzene rings is 1. The van der Waals surface area contributed by atoms with Crippen molar-refractivity contribution in [1.82, 2.24) is 10.1 Å². The van der Waals surface area contributed by atoms with Crippen molar-refractivity contribution in [3.63, 3.8) is 0 Å². The SMILES string of the molecule is Cc1cc(-c2noc([C@H](N)C(C)(C)C)n2)cc(C)c1Br. The van der Waals surface area contributed by atoms with Crippen LogP contribution in [0.15, 0.2) is 21.1 Å². The van der Waals surface area contributed by atoms with Gasteiger partial charge in [-0.3, -0.25) is 0 Å². The van der Waals surface area contributed by atoms with E-state index in [-0.39, 0.29) is 11.5 Å². The van der Waals surface area contributed by atoms with Crippen LogP contribution in [0.3, 0.4) is 0 Å². The van der Waals surface area contributed by atoms with Gasteiger partial charge in [0.05, 0.1) is 6.04 Å². The van der Waals surface area contributed by atoms with Gasteiger partial charge in [0.25, 0.3) is 0 Å². The zero-order valence-corrected chi connectivity index (χ0v) is 14.1. The molecule has 1 aromatic heterocycles. The molecule has 2 rings (SSSR count). The molecular formula is C15H20BrN3O. The van der Waals surface area contributed by atoms with Crippen molar-refractivity contribution in [1.29, 1.82) is 0 Å². The molecule has 0 bridgehead atoms. The van der Waals surface area contributed by atoms with Crippen molar-refractivity contribution < 1.29 is 4.52 Å². The lowest BCUT2D eigenvalue weighted by Gasteiger charge is -2.23. The minimum atomic E-state index is -0.276. The van der Waals surface area contributed by atoms with Crippen molar-refractivity contribution in [2.75, 3.05) is 0 Å². The number of aryl methyl sites for hydroxylation is 2. The summed E-state index contributed by atoms with van der Waals surface area (Å²) < 4.78 is 6.43. The van der Waals surface area contributed by atoms with E-state index in [4.69, 9.17) is 10.3 Å². The molecule has 0 aliphatic carbocycles. The molecule has 0 aliphatic rings. The number of aromatic nitrogens is 2. The Morgan fingerprint density at radius 2 is 1.75 bits per heavy atom. The van der Waals surface area contributed by atoms with E-state index in [0.717, 1.165) is 21.2 Å². The minimum Gasteiger partial charge on any atom is -0.337 e. The Labute approximate surface area is 127 Å². The van der Waals surface area contributed by atoms with Gasteiger partial charge in [-0.1, -0.05) is 41.9 Å². The third kappa shape index (κ3) is 2.94. The quantitative estimate of drug-likeness (QED) is 0.893. The molecule has 0 unspecified atom stereocenters. The second-order valence-corrected chi connectivity index (χ2v) is 7.02. The molecule has 0 amide bonds. The molecule has 0 aliphatic heterocycles. The highest BCUT2D eigenvalue weighted by molar-refractivity contribution is 9.10. The zero-order valence-electron chi connectivity index (χ0n) is 12.5. The first kappa shape index (κ1) is 15.2.